The van der Waals surface area contributed by atoms with E-state index in [2.05, 4.69) is 25.5 Å². The summed E-state index contributed by atoms with van der Waals surface area (Å²) in [6.45, 7) is 7.15. The summed E-state index contributed by atoms with van der Waals surface area (Å²) in [5, 5.41) is 0. The summed E-state index contributed by atoms with van der Waals surface area (Å²) < 4.78 is 4.61. The van der Waals surface area contributed by atoms with Gasteiger partial charge in [0.15, 0.2) is 0 Å². The van der Waals surface area contributed by atoms with Crippen LogP contribution in [0.1, 0.15) is 40.0 Å². The van der Waals surface area contributed by atoms with Gasteiger partial charge in [-0.15, -0.1) is 0 Å². The highest BCUT2D eigenvalue weighted by Crippen LogP contribution is 2.16. The molecule has 0 fully saturated rings. The third-order valence-corrected chi connectivity index (χ3v) is 2.52. The molecule has 0 aliphatic heterocycles. The molecule has 2 nitrogen and oxygen atoms in total. The quantitative estimate of drug-likeness (QED) is 0.488. The SMILES string of the molecule is CC(C)[C@H](C)CCCCOC(=O)Cl. The van der Waals surface area contributed by atoms with Crippen molar-refractivity contribution in [2.75, 3.05) is 6.61 Å². The van der Waals surface area contributed by atoms with E-state index in [9.17, 15) is 4.79 Å². The summed E-state index contributed by atoms with van der Waals surface area (Å²) in [6.07, 6.45) is 3.20. The fourth-order valence-electron chi connectivity index (χ4n) is 1.05. The predicted molar refractivity (Wildman–Crippen MR) is 55.1 cm³/mol. The zero-order valence-corrected chi connectivity index (χ0v) is 9.43. The summed E-state index contributed by atoms with van der Waals surface area (Å²) in [5.41, 5.74) is -0.697. The molecule has 0 amide bonds. The van der Waals surface area contributed by atoms with Gasteiger partial charge in [-0.1, -0.05) is 27.2 Å². The second-order valence-electron chi connectivity index (χ2n) is 3.80. The number of ether oxygens (including phenoxy) is 1. The molecule has 0 aromatic carbocycles. The maximum Gasteiger partial charge on any atom is 0.403 e. The summed E-state index contributed by atoms with van der Waals surface area (Å²) in [6, 6.07) is 0. The number of carbonyl (C=O) groups is 1. The minimum Gasteiger partial charge on any atom is -0.454 e. The van der Waals surface area contributed by atoms with Crippen LogP contribution < -0.4 is 0 Å². The molecule has 0 aromatic rings. The Labute approximate surface area is 85.6 Å². The molecule has 1 atom stereocenters. The van der Waals surface area contributed by atoms with Crippen molar-refractivity contribution in [3.8, 4) is 0 Å². The molecule has 0 aliphatic carbocycles. The number of rotatable bonds is 6. The summed E-state index contributed by atoms with van der Waals surface area (Å²) in [5.74, 6) is 1.47. The number of carbonyl (C=O) groups excluding carboxylic acids is 1. The molecular weight excluding hydrogens is 188 g/mol. The van der Waals surface area contributed by atoms with E-state index in [-0.39, 0.29) is 0 Å². The lowest BCUT2D eigenvalue weighted by atomic mass is 9.93. The van der Waals surface area contributed by atoms with E-state index in [0.29, 0.717) is 6.61 Å². The van der Waals surface area contributed by atoms with Crippen molar-refractivity contribution in [2.24, 2.45) is 11.8 Å². The zero-order chi connectivity index (χ0) is 10.3. The minimum absolute atomic E-state index is 0.452. The van der Waals surface area contributed by atoms with Crippen LogP contribution in [0.25, 0.3) is 0 Å². The van der Waals surface area contributed by atoms with Crippen LogP contribution in [0.4, 0.5) is 4.79 Å². The lowest BCUT2D eigenvalue weighted by Gasteiger charge is -2.14. The van der Waals surface area contributed by atoms with E-state index in [1.54, 1.807) is 0 Å². The average molecular weight is 207 g/mol. The van der Waals surface area contributed by atoms with Crippen molar-refractivity contribution in [2.45, 2.75) is 40.0 Å². The lowest BCUT2D eigenvalue weighted by molar-refractivity contribution is 0.169. The van der Waals surface area contributed by atoms with E-state index < -0.39 is 5.43 Å². The Hall–Kier alpha value is -0.240. The molecular formula is C10H19ClO2. The van der Waals surface area contributed by atoms with Gasteiger partial charge in [0.25, 0.3) is 0 Å². The number of unbranched alkanes of at least 4 members (excludes halogenated alkanes) is 1. The van der Waals surface area contributed by atoms with Gasteiger partial charge in [0, 0.05) is 11.6 Å². The predicted octanol–water partition coefficient (Wildman–Crippen LogP) is 3.82. The number of hydrogen-bond acceptors (Lipinski definition) is 2. The van der Waals surface area contributed by atoms with Gasteiger partial charge in [-0.25, -0.2) is 4.79 Å². The Morgan fingerprint density at radius 3 is 2.38 bits per heavy atom. The van der Waals surface area contributed by atoms with Gasteiger partial charge in [-0.3, -0.25) is 0 Å². The van der Waals surface area contributed by atoms with Crippen LogP contribution in [0.5, 0.6) is 0 Å². The Kier molecular flexibility index (Phi) is 7.06. The van der Waals surface area contributed by atoms with Gasteiger partial charge in [0.1, 0.15) is 0 Å². The maximum absolute atomic E-state index is 10.2. The highest BCUT2D eigenvalue weighted by Gasteiger charge is 2.06. The normalized spacial score (nSPS) is 13.0. The number of hydrogen-bond donors (Lipinski definition) is 0. The molecule has 13 heavy (non-hydrogen) atoms. The van der Waals surface area contributed by atoms with Gasteiger partial charge < -0.3 is 4.74 Å². The lowest BCUT2D eigenvalue weighted by Crippen LogP contribution is -2.04. The van der Waals surface area contributed by atoms with Gasteiger partial charge in [-0.2, -0.15) is 0 Å². The largest absolute Gasteiger partial charge is 0.454 e. The van der Waals surface area contributed by atoms with Crippen molar-refractivity contribution in [1.29, 1.82) is 0 Å². The van der Waals surface area contributed by atoms with E-state index >= 15 is 0 Å². The van der Waals surface area contributed by atoms with Crippen LogP contribution in [0.3, 0.4) is 0 Å². The van der Waals surface area contributed by atoms with E-state index in [1.165, 1.54) is 6.42 Å². The topological polar surface area (TPSA) is 26.3 Å². The fourth-order valence-corrected chi connectivity index (χ4v) is 1.13. The highest BCUT2D eigenvalue weighted by atomic mass is 35.5. The fraction of sp³-hybridized carbons (Fsp3) is 0.900. The van der Waals surface area contributed by atoms with E-state index in [4.69, 9.17) is 11.6 Å². The van der Waals surface area contributed by atoms with Gasteiger partial charge in [0.2, 0.25) is 0 Å². The summed E-state index contributed by atoms with van der Waals surface area (Å²) in [7, 11) is 0. The molecule has 0 N–H and O–H groups in total. The molecule has 0 radical (unpaired) electrons. The van der Waals surface area contributed by atoms with Crippen molar-refractivity contribution in [3.05, 3.63) is 0 Å². The molecule has 0 spiro atoms. The molecule has 0 unspecified atom stereocenters. The monoisotopic (exact) mass is 206 g/mol. The average Bonchev–Trinajstić information content (AvgIpc) is 2.02. The van der Waals surface area contributed by atoms with Crippen LogP contribution in [0.2, 0.25) is 0 Å². The molecule has 3 heteroatoms. The Balaban J connectivity index is 3.21. The smallest absolute Gasteiger partial charge is 0.403 e. The van der Waals surface area contributed by atoms with Crippen LogP contribution in [-0.4, -0.2) is 12.0 Å². The van der Waals surface area contributed by atoms with Gasteiger partial charge in [-0.05, 0) is 24.7 Å². The standard InChI is InChI=1S/C10H19ClO2/c1-8(2)9(3)6-4-5-7-13-10(11)12/h8-9H,4-7H2,1-3H3/t9-/m1/s1. The van der Waals surface area contributed by atoms with Crippen molar-refractivity contribution in [1.82, 2.24) is 0 Å². The first-order valence-corrected chi connectivity index (χ1v) is 5.24. The van der Waals surface area contributed by atoms with Crippen LogP contribution in [0.15, 0.2) is 0 Å². The van der Waals surface area contributed by atoms with Crippen molar-refractivity contribution < 1.29 is 9.53 Å². The molecule has 0 bridgehead atoms. The molecule has 0 saturated heterocycles. The maximum atomic E-state index is 10.2. The van der Waals surface area contributed by atoms with E-state index in [1.807, 2.05) is 0 Å². The minimum atomic E-state index is -0.697. The third kappa shape index (κ3) is 8.10. The zero-order valence-electron chi connectivity index (χ0n) is 8.68. The van der Waals surface area contributed by atoms with Crippen molar-refractivity contribution in [3.63, 3.8) is 0 Å². The summed E-state index contributed by atoms with van der Waals surface area (Å²) >= 11 is 5.01. The first kappa shape index (κ1) is 12.8. The van der Waals surface area contributed by atoms with Gasteiger partial charge >= 0.3 is 5.43 Å². The highest BCUT2D eigenvalue weighted by molar-refractivity contribution is 6.61. The molecule has 0 saturated carbocycles. The summed E-state index contributed by atoms with van der Waals surface area (Å²) in [4.78, 5) is 10.2. The first-order chi connectivity index (χ1) is 6.04. The molecule has 78 valence electrons. The van der Waals surface area contributed by atoms with Crippen LogP contribution in [-0.2, 0) is 4.74 Å². The Bertz CT molecular complexity index is 146. The van der Waals surface area contributed by atoms with Crippen LogP contribution >= 0.6 is 11.6 Å². The first-order valence-electron chi connectivity index (χ1n) is 4.86. The Morgan fingerprint density at radius 1 is 1.31 bits per heavy atom. The molecule has 0 rings (SSSR count). The number of halogens is 1. The third-order valence-electron chi connectivity index (χ3n) is 2.41. The van der Waals surface area contributed by atoms with Gasteiger partial charge in [0.05, 0.1) is 6.61 Å². The Morgan fingerprint density at radius 2 is 1.92 bits per heavy atom. The second-order valence-corrected chi connectivity index (χ2v) is 4.11. The molecule has 0 aromatic heterocycles. The van der Waals surface area contributed by atoms with Crippen molar-refractivity contribution >= 4 is 17.0 Å². The second kappa shape index (κ2) is 7.19. The molecule has 0 aliphatic rings. The molecule has 0 heterocycles. The van der Waals surface area contributed by atoms with Crippen LogP contribution in [0, 0.1) is 11.8 Å². The van der Waals surface area contributed by atoms with E-state index in [0.717, 1.165) is 24.7 Å².